The molecular formula is C14H18N2O3. The van der Waals surface area contributed by atoms with Gasteiger partial charge in [-0.2, -0.15) is 0 Å². The number of para-hydroxylation sites is 1. The molecule has 0 saturated carbocycles. The van der Waals surface area contributed by atoms with Crippen molar-refractivity contribution in [3.8, 4) is 0 Å². The van der Waals surface area contributed by atoms with E-state index in [9.17, 15) is 14.4 Å². The third-order valence-corrected chi connectivity index (χ3v) is 2.77. The fourth-order valence-corrected chi connectivity index (χ4v) is 1.56. The molecule has 0 aliphatic carbocycles. The Morgan fingerprint density at radius 2 is 1.89 bits per heavy atom. The van der Waals surface area contributed by atoms with Gasteiger partial charge in [0, 0.05) is 18.5 Å². The van der Waals surface area contributed by atoms with Gasteiger partial charge in [0.05, 0.1) is 12.1 Å². The lowest BCUT2D eigenvalue weighted by atomic mass is 10.1. The second kappa shape index (κ2) is 6.68. The van der Waals surface area contributed by atoms with Crippen LogP contribution in [-0.2, 0) is 9.59 Å². The van der Waals surface area contributed by atoms with Crippen molar-refractivity contribution in [2.45, 2.75) is 26.7 Å². The molecule has 5 heteroatoms. The average Bonchev–Trinajstić information content (AvgIpc) is 2.36. The second-order valence-corrected chi connectivity index (χ2v) is 4.46. The number of amides is 1. The van der Waals surface area contributed by atoms with E-state index in [1.54, 1.807) is 12.1 Å². The monoisotopic (exact) mass is 262 g/mol. The van der Waals surface area contributed by atoms with Crippen molar-refractivity contribution in [2.24, 2.45) is 0 Å². The van der Waals surface area contributed by atoms with Gasteiger partial charge in [-0.25, -0.2) is 0 Å². The molecule has 0 aliphatic heterocycles. The Bertz CT molecular complexity index is 509. The number of aryl methyl sites for hydroxylation is 1. The molecule has 1 amide bonds. The van der Waals surface area contributed by atoms with E-state index in [-0.39, 0.29) is 36.9 Å². The number of carbonyl (C=O) groups excluding carboxylic acids is 3. The van der Waals surface area contributed by atoms with E-state index in [2.05, 4.69) is 5.32 Å². The van der Waals surface area contributed by atoms with Crippen LogP contribution < -0.4 is 11.1 Å². The number of hydrogen-bond acceptors (Lipinski definition) is 4. The summed E-state index contributed by atoms with van der Waals surface area (Å²) >= 11 is 0. The number of hydrogen-bond donors (Lipinski definition) is 2. The molecule has 0 spiro atoms. The lowest BCUT2D eigenvalue weighted by Gasteiger charge is -2.08. The third-order valence-electron chi connectivity index (χ3n) is 2.77. The first kappa shape index (κ1) is 14.9. The van der Waals surface area contributed by atoms with E-state index in [0.29, 0.717) is 11.3 Å². The first-order chi connectivity index (χ1) is 8.91. The van der Waals surface area contributed by atoms with Crippen LogP contribution in [0.15, 0.2) is 18.2 Å². The van der Waals surface area contributed by atoms with Crippen LogP contribution in [0.2, 0.25) is 0 Å². The van der Waals surface area contributed by atoms with E-state index >= 15 is 0 Å². The zero-order valence-electron chi connectivity index (χ0n) is 11.2. The number of Topliss-reactive ketones (excluding diaryl/α,β-unsaturated/α-hetero) is 2. The van der Waals surface area contributed by atoms with Gasteiger partial charge >= 0.3 is 0 Å². The van der Waals surface area contributed by atoms with E-state index in [1.807, 2.05) is 13.0 Å². The molecule has 0 fully saturated rings. The van der Waals surface area contributed by atoms with Gasteiger partial charge in [-0.15, -0.1) is 0 Å². The molecule has 1 aromatic rings. The predicted molar refractivity (Wildman–Crippen MR) is 72.8 cm³/mol. The highest BCUT2D eigenvalue weighted by atomic mass is 16.2. The quantitative estimate of drug-likeness (QED) is 0.755. The topological polar surface area (TPSA) is 89.3 Å². The molecule has 1 rings (SSSR count). The summed E-state index contributed by atoms with van der Waals surface area (Å²) in [7, 11) is 0. The Labute approximate surface area is 112 Å². The maximum atomic E-state index is 11.9. The van der Waals surface area contributed by atoms with Gasteiger partial charge in [-0.1, -0.05) is 12.1 Å². The van der Waals surface area contributed by atoms with Crippen LogP contribution in [-0.4, -0.2) is 24.0 Å². The number of nitrogen functional groups attached to an aromatic ring is 1. The van der Waals surface area contributed by atoms with Gasteiger partial charge in [-0.3, -0.25) is 9.59 Å². The van der Waals surface area contributed by atoms with Crippen molar-refractivity contribution >= 4 is 23.2 Å². The zero-order valence-corrected chi connectivity index (χ0v) is 11.2. The average molecular weight is 262 g/mol. The summed E-state index contributed by atoms with van der Waals surface area (Å²) in [6.07, 6.45) is 0.361. The summed E-state index contributed by atoms with van der Waals surface area (Å²) in [6, 6.07) is 5.15. The molecule has 0 radical (unpaired) electrons. The summed E-state index contributed by atoms with van der Waals surface area (Å²) in [4.78, 5) is 34.0. The highest BCUT2D eigenvalue weighted by molar-refractivity contribution is 6.01. The number of anilines is 1. The molecule has 0 unspecified atom stereocenters. The van der Waals surface area contributed by atoms with Crippen LogP contribution in [0.1, 0.15) is 35.7 Å². The molecule has 1 aromatic carbocycles. The van der Waals surface area contributed by atoms with Gasteiger partial charge in [0.25, 0.3) is 5.91 Å². The molecule has 102 valence electrons. The summed E-state index contributed by atoms with van der Waals surface area (Å²) in [6.45, 7) is 3.16. The summed E-state index contributed by atoms with van der Waals surface area (Å²) in [5.74, 6) is -0.588. The van der Waals surface area contributed by atoms with Crippen molar-refractivity contribution in [2.75, 3.05) is 12.3 Å². The minimum Gasteiger partial charge on any atom is -0.398 e. The highest BCUT2D eigenvalue weighted by Gasteiger charge is 2.12. The molecule has 0 saturated heterocycles. The number of benzene rings is 1. The van der Waals surface area contributed by atoms with Crippen molar-refractivity contribution in [3.63, 3.8) is 0 Å². The third kappa shape index (κ3) is 4.54. The fourth-order valence-electron chi connectivity index (χ4n) is 1.56. The van der Waals surface area contributed by atoms with Crippen LogP contribution in [0, 0.1) is 6.92 Å². The summed E-state index contributed by atoms with van der Waals surface area (Å²) < 4.78 is 0. The SMILES string of the molecule is CC(=O)CCC(=O)CNC(=O)c1cccc(C)c1N. The molecular weight excluding hydrogens is 244 g/mol. The highest BCUT2D eigenvalue weighted by Crippen LogP contribution is 2.15. The largest absolute Gasteiger partial charge is 0.398 e. The van der Waals surface area contributed by atoms with E-state index in [4.69, 9.17) is 5.73 Å². The summed E-state index contributed by atoms with van der Waals surface area (Å²) in [5, 5.41) is 2.51. The maximum Gasteiger partial charge on any atom is 0.253 e. The van der Waals surface area contributed by atoms with Crippen molar-refractivity contribution in [1.82, 2.24) is 5.32 Å². The van der Waals surface area contributed by atoms with Crippen LogP contribution >= 0.6 is 0 Å². The molecule has 0 atom stereocenters. The zero-order chi connectivity index (χ0) is 14.4. The summed E-state index contributed by atoms with van der Waals surface area (Å²) in [5.41, 5.74) is 7.39. The fraction of sp³-hybridized carbons (Fsp3) is 0.357. The smallest absolute Gasteiger partial charge is 0.253 e. The van der Waals surface area contributed by atoms with Gasteiger partial charge < -0.3 is 15.8 Å². The Morgan fingerprint density at radius 3 is 2.53 bits per heavy atom. The minimum absolute atomic E-state index is 0.0393. The molecule has 3 N–H and O–H groups in total. The Morgan fingerprint density at radius 1 is 1.21 bits per heavy atom. The normalized spacial score (nSPS) is 10.0. The minimum atomic E-state index is -0.377. The number of nitrogens with two attached hydrogens (primary N) is 1. The maximum absolute atomic E-state index is 11.9. The van der Waals surface area contributed by atoms with Crippen LogP contribution in [0.3, 0.4) is 0 Å². The standard InChI is InChI=1S/C14H18N2O3/c1-9-4-3-5-12(13(9)15)14(19)16-8-11(18)7-6-10(2)17/h3-5H,6-8,15H2,1-2H3,(H,16,19). The Hall–Kier alpha value is -2.17. The van der Waals surface area contributed by atoms with Crippen molar-refractivity contribution in [3.05, 3.63) is 29.3 Å². The molecule has 0 aromatic heterocycles. The van der Waals surface area contributed by atoms with Crippen LogP contribution in [0.4, 0.5) is 5.69 Å². The number of rotatable bonds is 6. The number of ketones is 2. The molecule has 0 aliphatic rings. The first-order valence-electron chi connectivity index (χ1n) is 6.06. The van der Waals surface area contributed by atoms with Gasteiger partial charge in [-0.05, 0) is 25.5 Å². The molecule has 0 bridgehead atoms. The van der Waals surface area contributed by atoms with E-state index in [1.165, 1.54) is 6.92 Å². The Kier molecular flexibility index (Phi) is 5.23. The van der Waals surface area contributed by atoms with Crippen molar-refractivity contribution in [1.29, 1.82) is 0 Å². The molecule has 5 nitrogen and oxygen atoms in total. The Balaban J connectivity index is 2.54. The number of nitrogens with one attached hydrogen (secondary N) is 1. The lowest BCUT2D eigenvalue weighted by molar-refractivity contribution is -0.122. The van der Waals surface area contributed by atoms with Gasteiger partial charge in [0.2, 0.25) is 0 Å². The predicted octanol–water partition coefficient (Wildman–Crippen LogP) is 1.25. The van der Waals surface area contributed by atoms with E-state index < -0.39 is 0 Å². The van der Waals surface area contributed by atoms with E-state index in [0.717, 1.165) is 5.56 Å². The van der Waals surface area contributed by atoms with Crippen LogP contribution in [0.5, 0.6) is 0 Å². The second-order valence-electron chi connectivity index (χ2n) is 4.46. The van der Waals surface area contributed by atoms with Crippen molar-refractivity contribution < 1.29 is 14.4 Å². The molecule has 0 heterocycles. The van der Waals surface area contributed by atoms with Gasteiger partial charge in [0.15, 0.2) is 5.78 Å². The number of carbonyl (C=O) groups is 3. The first-order valence-corrected chi connectivity index (χ1v) is 6.06. The lowest BCUT2D eigenvalue weighted by Crippen LogP contribution is -2.30. The van der Waals surface area contributed by atoms with Gasteiger partial charge in [0.1, 0.15) is 5.78 Å². The molecule has 19 heavy (non-hydrogen) atoms. The van der Waals surface area contributed by atoms with Crippen LogP contribution in [0.25, 0.3) is 0 Å².